The molecule has 1 amide bonds. The quantitative estimate of drug-likeness (QED) is 0.718. The van der Waals surface area contributed by atoms with Crippen molar-refractivity contribution in [3.63, 3.8) is 0 Å². The normalized spacial score (nSPS) is 16.3. The van der Waals surface area contributed by atoms with E-state index in [4.69, 9.17) is 4.74 Å². The van der Waals surface area contributed by atoms with Crippen molar-refractivity contribution in [3.05, 3.63) is 81.4 Å². The average molecular weight is 394 g/mol. The van der Waals surface area contributed by atoms with Gasteiger partial charge in [-0.25, -0.2) is 4.39 Å². The third kappa shape index (κ3) is 4.38. The Morgan fingerprint density at radius 2 is 1.97 bits per heavy atom. The zero-order chi connectivity index (χ0) is 20.4. The highest BCUT2D eigenvalue weighted by molar-refractivity contribution is 5.82. The summed E-state index contributed by atoms with van der Waals surface area (Å²) in [4.78, 5) is 30.2. The Bertz CT molecular complexity index is 1090. The molecule has 0 bridgehead atoms. The Morgan fingerprint density at radius 1 is 1.17 bits per heavy atom. The van der Waals surface area contributed by atoms with Crippen molar-refractivity contribution >= 4 is 16.8 Å². The molecule has 2 aromatic carbocycles. The number of aryl methyl sites for hydroxylation is 1. The summed E-state index contributed by atoms with van der Waals surface area (Å²) >= 11 is 0. The maximum atomic E-state index is 13.3. The Kier molecular flexibility index (Phi) is 5.45. The first-order valence-corrected chi connectivity index (χ1v) is 9.77. The molecular weight excluding hydrogens is 371 g/mol. The molecule has 6 heteroatoms. The molecule has 5 nitrogen and oxygen atoms in total. The predicted octanol–water partition coefficient (Wildman–Crippen LogP) is 3.68. The van der Waals surface area contributed by atoms with E-state index in [0.717, 1.165) is 28.5 Å². The van der Waals surface area contributed by atoms with Crippen molar-refractivity contribution in [2.45, 2.75) is 39.0 Å². The topological polar surface area (TPSA) is 62.4 Å². The smallest absolute Gasteiger partial charge is 0.253 e. The van der Waals surface area contributed by atoms with Crippen molar-refractivity contribution in [2.24, 2.45) is 0 Å². The van der Waals surface area contributed by atoms with Gasteiger partial charge < -0.3 is 14.6 Å². The van der Waals surface area contributed by atoms with E-state index < -0.39 is 6.10 Å². The van der Waals surface area contributed by atoms with Crippen LogP contribution in [0.2, 0.25) is 0 Å². The zero-order valence-corrected chi connectivity index (χ0v) is 16.3. The molecule has 0 unspecified atom stereocenters. The Morgan fingerprint density at radius 3 is 2.69 bits per heavy atom. The fraction of sp³-hybridized carbons (Fsp3) is 0.304. The average Bonchev–Trinajstić information content (AvgIpc) is 3.24. The highest BCUT2D eigenvalue weighted by Crippen LogP contribution is 2.19. The number of fused-ring (bicyclic) bond motifs is 1. The first kappa shape index (κ1) is 19.3. The minimum Gasteiger partial charge on any atom is -0.368 e. The van der Waals surface area contributed by atoms with Crippen LogP contribution in [0.1, 0.15) is 29.5 Å². The molecule has 2 heterocycles. The highest BCUT2D eigenvalue weighted by atomic mass is 19.1. The molecule has 0 spiro atoms. The van der Waals surface area contributed by atoms with Crippen molar-refractivity contribution in [3.8, 4) is 0 Å². The van der Waals surface area contributed by atoms with E-state index in [1.807, 2.05) is 31.2 Å². The van der Waals surface area contributed by atoms with Gasteiger partial charge in [-0.1, -0.05) is 24.3 Å². The molecule has 1 atom stereocenters. The van der Waals surface area contributed by atoms with Crippen molar-refractivity contribution in [1.29, 1.82) is 0 Å². The van der Waals surface area contributed by atoms with Crippen molar-refractivity contribution in [2.75, 3.05) is 6.61 Å². The Balaban J connectivity index is 1.65. The van der Waals surface area contributed by atoms with Gasteiger partial charge in [-0.05, 0) is 60.5 Å². The van der Waals surface area contributed by atoms with Gasteiger partial charge in [0.25, 0.3) is 11.5 Å². The van der Waals surface area contributed by atoms with Crippen LogP contribution in [0.25, 0.3) is 10.9 Å². The number of nitrogens with one attached hydrogen (secondary N) is 1. The van der Waals surface area contributed by atoms with Crippen molar-refractivity contribution < 1.29 is 13.9 Å². The molecule has 1 aromatic heterocycles. The molecule has 1 N–H and O–H groups in total. The maximum Gasteiger partial charge on any atom is 0.253 e. The molecule has 0 saturated carbocycles. The molecule has 1 fully saturated rings. The lowest BCUT2D eigenvalue weighted by Crippen LogP contribution is -2.39. The number of benzene rings is 2. The van der Waals surface area contributed by atoms with Crippen LogP contribution in [0.15, 0.2) is 53.3 Å². The number of hydrogen-bond acceptors (Lipinski definition) is 3. The van der Waals surface area contributed by atoms with E-state index in [1.165, 1.54) is 12.1 Å². The lowest BCUT2D eigenvalue weighted by atomic mass is 10.1. The summed E-state index contributed by atoms with van der Waals surface area (Å²) in [5.74, 6) is -0.470. The molecule has 3 aromatic rings. The number of rotatable bonds is 5. The number of hydrogen-bond donors (Lipinski definition) is 1. The minimum atomic E-state index is -0.488. The Labute approximate surface area is 168 Å². The highest BCUT2D eigenvalue weighted by Gasteiger charge is 2.29. The van der Waals surface area contributed by atoms with Crippen LogP contribution < -0.4 is 5.56 Å². The number of aromatic nitrogens is 1. The summed E-state index contributed by atoms with van der Waals surface area (Å²) in [5, 5.41) is 0.913. The van der Waals surface area contributed by atoms with Crippen LogP contribution in [0.5, 0.6) is 0 Å². The standard InChI is InChI=1S/C23H23FN2O3/c1-15-4-7-17-12-18(22(27)25-20(17)11-15)14-26(23(28)21-3-2-10-29-21)13-16-5-8-19(24)9-6-16/h4-9,11-12,21H,2-3,10,13-14H2,1H3,(H,25,27)/t21-/m1/s1. The van der Waals surface area contributed by atoms with E-state index in [0.29, 0.717) is 18.6 Å². The second kappa shape index (κ2) is 8.17. The van der Waals surface area contributed by atoms with Crippen LogP contribution >= 0.6 is 0 Å². The number of carbonyl (C=O) groups is 1. The van der Waals surface area contributed by atoms with Gasteiger partial charge in [0.15, 0.2) is 0 Å². The largest absolute Gasteiger partial charge is 0.368 e. The van der Waals surface area contributed by atoms with Gasteiger partial charge in [0.2, 0.25) is 0 Å². The van der Waals surface area contributed by atoms with Gasteiger partial charge in [0.1, 0.15) is 11.9 Å². The van der Waals surface area contributed by atoms with Crippen LogP contribution in [0, 0.1) is 12.7 Å². The maximum absolute atomic E-state index is 13.3. The number of pyridine rings is 1. The fourth-order valence-corrected chi connectivity index (χ4v) is 3.68. The Hall–Kier alpha value is -2.99. The minimum absolute atomic E-state index is 0.143. The summed E-state index contributed by atoms with van der Waals surface area (Å²) in [5.41, 5.74) is 2.93. The molecule has 0 aliphatic carbocycles. The first-order chi connectivity index (χ1) is 14.0. The lowest BCUT2D eigenvalue weighted by molar-refractivity contribution is -0.142. The summed E-state index contributed by atoms with van der Waals surface area (Å²) in [6, 6.07) is 13.7. The predicted molar refractivity (Wildman–Crippen MR) is 109 cm³/mol. The molecule has 0 radical (unpaired) electrons. The second-order valence-electron chi connectivity index (χ2n) is 7.54. The van der Waals surface area contributed by atoms with Gasteiger partial charge in [-0.2, -0.15) is 0 Å². The number of carbonyl (C=O) groups excluding carboxylic acids is 1. The van der Waals surface area contributed by atoms with Crippen LogP contribution in [-0.4, -0.2) is 28.5 Å². The molecular formula is C23H23FN2O3. The van der Waals surface area contributed by atoms with Crippen molar-refractivity contribution in [1.82, 2.24) is 9.88 Å². The summed E-state index contributed by atoms with van der Waals surface area (Å²) in [7, 11) is 0. The molecule has 150 valence electrons. The number of H-pyrrole nitrogens is 1. The molecule has 1 saturated heterocycles. The number of nitrogens with zero attached hydrogens (tertiary/aromatic N) is 1. The molecule has 29 heavy (non-hydrogen) atoms. The number of amides is 1. The summed E-state index contributed by atoms with van der Waals surface area (Å²) in [6.45, 7) is 2.98. The SMILES string of the molecule is Cc1ccc2cc(CN(Cc3ccc(F)cc3)C(=O)[C@H]3CCCO3)c(=O)[nH]c2c1. The monoisotopic (exact) mass is 394 g/mol. The van der Waals surface area contributed by atoms with E-state index in [9.17, 15) is 14.0 Å². The number of halogens is 1. The van der Waals surface area contributed by atoms with Gasteiger partial charge in [-0.3, -0.25) is 9.59 Å². The summed E-state index contributed by atoms with van der Waals surface area (Å²) in [6.07, 6.45) is 1.03. The molecule has 1 aliphatic rings. The fourth-order valence-electron chi connectivity index (χ4n) is 3.68. The van der Waals surface area contributed by atoms with Crippen LogP contribution in [0.4, 0.5) is 4.39 Å². The van der Waals surface area contributed by atoms with E-state index >= 15 is 0 Å². The van der Waals surface area contributed by atoms with E-state index in [1.54, 1.807) is 17.0 Å². The van der Waals surface area contributed by atoms with Gasteiger partial charge in [-0.15, -0.1) is 0 Å². The van der Waals surface area contributed by atoms with E-state index in [-0.39, 0.29) is 30.4 Å². The first-order valence-electron chi connectivity index (χ1n) is 9.77. The van der Waals surface area contributed by atoms with Crippen LogP contribution in [0.3, 0.4) is 0 Å². The molecule has 4 rings (SSSR count). The summed E-state index contributed by atoms with van der Waals surface area (Å²) < 4.78 is 18.8. The molecule has 1 aliphatic heterocycles. The lowest BCUT2D eigenvalue weighted by Gasteiger charge is -2.25. The zero-order valence-electron chi connectivity index (χ0n) is 16.3. The van der Waals surface area contributed by atoms with Gasteiger partial charge in [0, 0.05) is 24.2 Å². The third-order valence-corrected chi connectivity index (χ3v) is 5.24. The van der Waals surface area contributed by atoms with Crippen LogP contribution in [-0.2, 0) is 22.6 Å². The van der Waals surface area contributed by atoms with Gasteiger partial charge >= 0.3 is 0 Å². The third-order valence-electron chi connectivity index (χ3n) is 5.24. The number of ether oxygens (including phenoxy) is 1. The van der Waals surface area contributed by atoms with E-state index in [2.05, 4.69) is 4.98 Å². The number of aromatic amines is 1. The van der Waals surface area contributed by atoms with Gasteiger partial charge in [0.05, 0.1) is 6.54 Å². The second-order valence-corrected chi connectivity index (χ2v) is 7.54.